The number of nitrogens with one attached hydrogen (secondary N) is 1. The maximum Gasteiger partial charge on any atom is 0.431 e. The van der Waals surface area contributed by atoms with Gasteiger partial charge in [0.05, 0.1) is 16.2 Å². The molecule has 6 aliphatic rings. The molecule has 41 heteroatoms. The molecule has 29 nitrogen and oxygen atoms in total. The lowest BCUT2D eigenvalue weighted by Crippen LogP contribution is -2.60. The fraction of sp³-hybridized carbons (Fsp3) is 0.444. The summed E-state index contributed by atoms with van der Waals surface area (Å²) in [4.78, 5) is 114. The van der Waals surface area contributed by atoms with Crippen molar-refractivity contribution in [1.29, 1.82) is 0 Å². The van der Waals surface area contributed by atoms with Gasteiger partial charge >= 0.3 is 18.5 Å². The summed E-state index contributed by atoms with van der Waals surface area (Å²) < 4.78 is 174. The molecule has 0 unspecified atom stereocenters. The van der Waals surface area contributed by atoms with E-state index in [0.29, 0.717) is 65.4 Å². The number of amides is 2. The van der Waals surface area contributed by atoms with Gasteiger partial charge in [0.15, 0.2) is 17.5 Å². The first-order valence-corrected chi connectivity index (χ1v) is 39.9. The summed E-state index contributed by atoms with van der Waals surface area (Å²) in [5.74, 6) is -5.56. The number of likely N-dealkylation sites (N-methyl/N-ethyl adjacent to an activating group) is 3. The van der Waals surface area contributed by atoms with E-state index in [-0.39, 0.29) is 164 Å². The van der Waals surface area contributed by atoms with E-state index in [9.17, 15) is 92.0 Å². The Bertz CT molecular complexity index is 5330. The highest BCUT2D eigenvalue weighted by molar-refractivity contribution is 5.94. The Morgan fingerprint density at radius 3 is 0.893 bits per heavy atom. The van der Waals surface area contributed by atoms with Crippen LogP contribution in [0.3, 0.4) is 0 Å². The zero-order valence-electron chi connectivity index (χ0n) is 67.6. The molecule has 6 aromatic heterocycles. The number of hydrogen-bond acceptors (Lipinski definition) is 24. The van der Waals surface area contributed by atoms with Gasteiger partial charge in [-0.15, -0.1) is 0 Å². The highest BCUT2D eigenvalue weighted by Gasteiger charge is 2.44. The van der Waals surface area contributed by atoms with Crippen LogP contribution in [0, 0.1) is 17.5 Å². The number of phenols is 3. The standard InChI is InChI=1S/2C28H31F4N7O3.C25H29F4N7O2/c2*1-4-22(41)36-10-12-37(13-11-36)25-18-14-21(28(30,31)32)39(24-19(29)8-7-9-20(24)40)26(42)23(18)33-27(34-25)38-15-17(16-38)35(5-2)6-3;1-3-33(4-2)15-13-35(14-15)24-31-20-16(22(32-24)34-10-8-30-9-11-34)12-19(25(27,28)29)36(23(20)38)21-17(26)6-5-7-18(21)37/h2*4,7-9,14,17,40H,1,5-6,10-13,15-16H2,2-3H3;5-7,12,15,30,37H,3-4,8-11,13-14H2,1-2H3. The highest BCUT2D eigenvalue weighted by atomic mass is 19.4. The Morgan fingerprint density at radius 2 is 0.664 bits per heavy atom. The lowest BCUT2D eigenvalue weighted by atomic mass is 10.1. The molecule has 4 N–H and O–H groups in total. The van der Waals surface area contributed by atoms with E-state index in [1.807, 2.05) is 47.3 Å². The fourth-order valence-corrected chi connectivity index (χ4v) is 16.3. The Morgan fingerprint density at radius 1 is 0.410 bits per heavy atom. The monoisotopic (exact) mass is 1710 g/mol. The maximum absolute atomic E-state index is 14.9. The van der Waals surface area contributed by atoms with Crippen molar-refractivity contribution in [3.8, 4) is 34.3 Å². The molecular formula is C81H91F12N21O8. The molecule has 9 aromatic rings. The van der Waals surface area contributed by atoms with Crippen molar-refractivity contribution in [2.45, 2.75) is 78.2 Å². The number of pyridine rings is 3. The first-order valence-electron chi connectivity index (χ1n) is 39.9. The van der Waals surface area contributed by atoms with Crippen LogP contribution >= 0.6 is 0 Å². The van der Waals surface area contributed by atoms with Crippen molar-refractivity contribution in [3.05, 3.63) is 164 Å². The summed E-state index contributed by atoms with van der Waals surface area (Å²) in [5.41, 5.74) is -11.7. The maximum atomic E-state index is 14.9. The number of halogens is 12. The molecule has 122 heavy (non-hydrogen) atoms. The number of rotatable bonds is 20. The van der Waals surface area contributed by atoms with Crippen molar-refractivity contribution >= 4 is 79.8 Å². The van der Waals surface area contributed by atoms with E-state index in [4.69, 9.17) is 0 Å². The summed E-state index contributed by atoms with van der Waals surface area (Å²) in [6, 6.07) is 12.0. The van der Waals surface area contributed by atoms with Gasteiger partial charge in [-0.25, -0.2) is 28.1 Å². The van der Waals surface area contributed by atoms with Crippen molar-refractivity contribution in [2.75, 3.05) is 186 Å². The Labute approximate surface area is 690 Å². The third kappa shape index (κ3) is 17.3. The smallest absolute Gasteiger partial charge is 0.431 e. The SMILES string of the molecule is C=CC(=O)N1CCN(c2nc(N3CC(N(CC)CC)C3)nc3c(=O)n(-c4c(O)cccc4F)c(C(F)(F)F)cc23)CC1.C=CC(=O)N1CCN(c2nc(N3CC(N(CC)CC)C3)nc3c(=O)n(-c4c(O)cccc4F)c(C(F)(F)F)cc23)CC1.CCN(CC)C1CN(c2nc(N3CCNCC3)c3cc(C(F)(F)F)n(-c4c(O)cccc4F)c(=O)c3n2)C1. The van der Waals surface area contributed by atoms with E-state index in [1.54, 1.807) is 19.6 Å². The summed E-state index contributed by atoms with van der Waals surface area (Å²) in [5, 5.41) is 33.8. The van der Waals surface area contributed by atoms with E-state index >= 15 is 0 Å². The number of aromatic hydroxyl groups is 3. The first-order chi connectivity index (χ1) is 58.1. The largest absolute Gasteiger partial charge is 0.506 e. The minimum Gasteiger partial charge on any atom is -0.506 e. The predicted octanol–water partition coefficient (Wildman–Crippen LogP) is 8.60. The topological polar surface area (TPSA) is 286 Å². The number of carbonyl (C=O) groups excluding carboxylic acids is 2. The number of carbonyl (C=O) groups is 2. The Balaban J connectivity index is 0.000000158. The van der Waals surface area contributed by atoms with Crippen LogP contribution in [0.5, 0.6) is 17.2 Å². The molecule has 0 radical (unpaired) electrons. The van der Waals surface area contributed by atoms with Crippen LogP contribution < -0.4 is 51.4 Å². The molecule has 6 saturated heterocycles. The molecule has 0 spiro atoms. The molecule has 652 valence electrons. The number of benzene rings is 3. The van der Waals surface area contributed by atoms with Gasteiger partial charge in [0, 0.05) is 136 Å². The molecular weight excluding hydrogens is 1620 g/mol. The number of fused-ring (bicyclic) bond motifs is 3. The second-order valence-electron chi connectivity index (χ2n) is 29.8. The van der Waals surface area contributed by atoms with Crippen LogP contribution in [0.4, 0.5) is 88.0 Å². The van der Waals surface area contributed by atoms with Crippen LogP contribution in [0.25, 0.3) is 49.8 Å². The molecule has 15 rings (SSSR count). The van der Waals surface area contributed by atoms with Gasteiger partial charge in [0.25, 0.3) is 16.7 Å². The molecule has 0 atom stereocenters. The van der Waals surface area contributed by atoms with Crippen LogP contribution in [0.2, 0.25) is 0 Å². The fourth-order valence-electron chi connectivity index (χ4n) is 16.3. The minimum absolute atomic E-state index is 0.0686. The minimum atomic E-state index is -5.10. The van der Waals surface area contributed by atoms with Crippen LogP contribution in [0.15, 0.2) is 112 Å². The van der Waals surface area contributed by atoms with Crippen molar-refractivity contribution in [2.24, 2.45) is 0 Å². The second kappa shape index (κ2) is 35.7. The van der Waals surface area contributed by atoms with Crippen molar-refractivity contribution in [3.63, 3.8) is 0 Å². The molecule has 12 heterocycles. The molecule has 0 bridgehead atoms. The third-order valence-corrected chi connectivity index (χ3v) is 22.9. The molecule has 3 aromatic carbocycles. The van der Waals surface area contributed by atoms with Gasteiger partial charge in [-0.2, -0.15) is 54.5 Å². The second-order valence-corrected chi connectivity index (χ2v) is 29.8. The van der Waals surface area contributed by atoms with Crippen LogP contribution in [0.1, 0.15) is 58.6 Å². The number of nitrogens with zero attached hydrogens (tertiary/aromatic N) is 20. The number of para-hydroxylation sites is 3. The highest BCUT2D eigenvalue weighted by Crippen LogP contribution is 2.43. The zero-order valence-corrected chi connectivity index (χ0v) is 67.6. The molecule has 0 saturated carbocycles. The van der Waals surface area contributed by atoms with E-state index in [2.05, 4.69) is 76.9 Å². The molecule has 6 fully saturated rings. The van der Waals surface area contributed by atoms with Gasteiger partial charge < -0.3 is 59.8 Å². The summed E-state index contributed by atoms with van der Waals surface area (Å²) in [7, 11) is 0. The zero-order chi connectivity index (χ0) is 87.9. The summed E-state index contributed by atoms with van der Waals surface area (Å²) >= 11 is 0. The molecule has 6 aliphatic heterocycles. The van der Waals surface area contributed by atoms with Crippen molar-refractivity contribution < 1.29 is 77.6 Å². The quantitative estimate of drug-likeness (QED) is 0.0410. The van der Waals surface area contributed by atoms with Gasteiger partial charge in [0.2, 0.25) is 29.7 Å². The number of anilines is 6. The lowest BCUT2D eigenvalue weighted by Gasteiger charge is -2.45. The van der Waals surface area contributed by atoms with Crippen LogP contribution in [-0.4, -0.2) is 270 Å². The number of hydrogen-bond donors (Lipinski definition) is 4. The van der Waals surface area contributed by atoms with E-state index in [1.165, 1.54) is 12.2 Å². The number of phenolic OH excluding ortho intramolecular Hbond substituents is 3. The normalized spacial score (nSPS) is 16.5. The van der Waals surface area contributed by atoms with Gasteiger partial charge in [0.1, 0.15) is 85.4 Å². The number of piperazine rings is 3. The summed E-state index contributed by atoms with van der Waals surface area (Å²) in [6.07, 6.45) is -12.8. The average Bonchev–Trinajstić information content (AvgIpc) is 0.737. The molecule has 2 amide bonds. The lowest BCUT2D eigenvalue weighted by molar-refractivity contribution is -0.143. The number of aromatic nitrogens is 9. The Hall–Kier alpha value is -11.9. The molecule has 0 aliphatic carbocycles. The van der Waals surface area contributed by atoms with E-state index < -0.39 is 104 Å². The summed E-state index contributed by atoms with van der Waals surface area (Å²) in [6.45, 7) is 32.0. The third-order valence-electron chi connectivity index (χ3n) is 22.9. The van der Waals surface area contributed by atoms with Crippen LogP contribution in [-0.2, 0) is 28.1 Å². The predicted molar refractivity (Wildman–Crippen MR) is 435 cm³/mol. The first kappa shape index (κ1) is 88.0. The van der Waals surface area contributed by atoms with Gasteiger partial charge in [-0.1, -0.05) is 72.9 Å². The average molecular weight is 1710 g/mol. The Kier molecular flexibility index (Phi) is 25.7. The number of alkyl halides is 9. The van der Waals surface area contributed by atoms with E-state index in [0.717, 1.165) is 112 Å². The van der Waals surface area contributed by atoms with Crippen molar-refractivity contribution in [1.82, 2.24) is 73.4 Å². The van der Waals surface area contributed by atoms with Gasteiger partial charge in [-0.3, -0.25) is 52.4 Å². The van der Waals surface area contributed by atoms with Gasteiger partial charge in [-0.05, 0) is 106 Å².